The van der Waals surface area contributed by atoms with Gasteiger partial charge in [-0.2, -0.15) is 0 Å². The van der Waals surface area contributed by atoms with Crippen molar-refractivity contribution in [3.05, 3.63) is 97.1 Å². The molecular formula is C33H16B5N3O. The van der Waals surface area contributed by atoms with Crippen LogP contribution in [0.2, 0.25) is 0 Å². The van der Waals surface area contributed by atoms with E-state index in [4.69, 9.17) is 58.6 Å². The third-order valence-corrected chi connectivity index (χ3v) is 7.42. The molecule has 0 aliphatic carbocycles. The van der Waals surface area contributed by atoms with Crippen LogP contribution in [0.15, 0.2) is 101 Å². The quantitative estimate of drug-likeness (QED) is 0.332. The molecule has 9 heteroatoms. The topological polar surface area (TPSA) is 51.8 Å². The van der Waals surface area contributed by atoms with E-state index in [2.05, 4.69) is 0 Å². The lowest BCUT2D eigenvalue weighted by Gasteiger charge is -2.21. The van der Waals surface area contributed by atoms with Crippen LogP contribution in [0.3, 0.4) is 0 Å². The Balaban J connectivity index is 1.37. The van der Waals surface area contributed by atoms with Gasteiger partial charge in [0.25, 0.3) is 0 Å². The molecule has 0 saturated carbocycles. The molecule has 0 spiro atoms. The van der Waals surface area contributed by atoms with E-state index in [1.807, 2.05) is 97.1 Å². The first kappa shape index (κ1) is 26.2. The molecule has 0 N–H and O–H groups in total. The summed E-state index contributed by atoms with van der Waals surface area (Å²) in [7, 11) is 30.8. The minimum atomic E-state index is 0.176. The Bertz CT molecular complexity index is 2060. The third kappa shape index (κ3) is 4.37. The molecule has 7 aromatic rings. The number of fused-ring (bicyclic) bond motifs is 3. The molecule has 0 aliphatic rings. The number of aromatic nitrogens is 3. The maximum absolute atomic E-state index is 6.33. The normalized spacial score (nSPS) is 11.3. The SMILES string of the molecule is [B]c1c([B])c([B])c(-c2ccc3c(c2)oc2cc(-c4nc(-c5ccccc5)nc(-c5ccccc5)n4)ccc23)c([B])c1[B]. The van der Waals surface area contributed by atoms with Gasteiger partial charge < -0.3 is 4.42 Å². The summed E-state index contributed by atoms with van der Waals surface area (Å²) in [5.74, 6) is 1.72. The summed E-state index contributed by atoms with van der Waals surface area (Å²) in [5, 5.41) is 1.87. The zero-order valence-electron chi connectivity index (χ0n) is 22.4. The zero-order valence-corrected chi connectivity index (χ0v) is 22.4. The molecule has 10 radical (unpaired) electrons. The van der Waals surface area contributed by atoms with Crippen LogP contribution < -0.4 is 27.3 Å². The van der Waals surface area contributed by atoms with Gasteiger partial charge in [-0.05, 0) is 35.4 Å². The predicted molar refractivity (Wildman–Crippen MR) is 176 cm³/mol. The lowest BCUT2D eigenvalue weighted by molar-refractivity contribution is 0.669. The maximum Gasteiger partial charge on any atom is 0.164 e. The highest BCUT2D eigenvalue weighted by molar-refractivity contribution is 6.68. The van der Waals surface area contributed by atoms with Crippen molar-refractivity contribution in [3.63, 3.8) is 0 Å². The van der Waals surface area contributed by atoms with E-state index in [0.29, 0.717) is 39.8 Å². The minimum Gasteiger partial charge on any atom is -0.456 e. The number of furan rings is 1. The van der Waals surface area contributed by atoms with Crippen molar-refractivity contribution in [2.45, 2.75) is 0 Å². The second kappa shape index (κ2) is 10.3. The fraction of sp³-hybridized carbons (Fsp3) is 0. The zero-order chi connectivity index (χ0) is 29.0. The Morgan fingerprint density at radius 3 is 1.31 bits per heavy atom. The van der Waals surface area contributed by atoms with Gasteiger partial charge in [0, 0.05) is 27.5 Å². The number of nitrogens with zero attached hydrogens (tertiary/aromatic N) is 3. The van der Waals surface area contributed by atoms with Gasteiger partial charge in [-0.15, -0.1) is 16.4 Å². The molecule has 0 bridgehead atoms. The third-order valence-electron chi connectivity index (χ3n) is 7.42. The predicted octanol–water partition coefficient (Wildman–Crippen LogP) is 2.41. The van der Waals surface area contributed by atoms with Crippen molar-refractivity contribution in [2.24, 2.45) is 0 Å². The molecule has 7 rings (SSSR count). The largest absolute Gasteiger partial charge is 0.456 e. The molecule has 42 heavy (non-hydrogen) atoms. The van der Waals surface area contributed by atoms with Crippen LogP contribution in [0.25, 0.3) is 67.2 Å². The Labute approximate surface area is 249 Å². The Morgan fingerprint density at radius 2 is 0.810 bits per heavy atom. The highest BCUT2D eigenvalue weighted by Gasteiger charge is 2.17. The summed E-state index contributed by atoms with van der Waals surface area (Å²) in [4.78, 5) is 14.4. The lowest BCUT2D eigenvalue weighted by Crippen LogP contribution is -2.55. The standard InChI is InChI=1S/C33H16B5N3O/c34-26-25(27(35)29(37)30(38)28(26)36)19-11-13-21-22-14-12-20(16-24(22)42-23(21)15-19)33-40-31(17-7-3-1-4-8-17)39-32(41-33)18-9-5-2-6-10-18/h1-16H. The summed E-state index contributed by atoms with van der Waals surface area (Å²) in [6, 6.07) is 31.4. The van der Waals surface area contributed by atoms with E-state index in [-0.39, 0.29) is 27.3 Å². The number of hydrogen-bond acceptors (Lipinski definition) is 4. The average molecular weight is 525 g/mol. The van der Waals surface area contributed by atoms with Crippen molar-refractivity contribution in [3.8, 4) is 45.3 Å². The fourth-order valence-corrected chi connectivity index (χ4v) is 5.17. The Kier molecular flexibility index (Phi) is 6.39. The number of rotatable bonds is 4. The highest BCUT2D eigenvalue weighted by atomic mass is 16.3. The second-order valence-electron chi connectivity index (χ2n) is 10.0. The molecule has 0 fully saturated rings. The lowest BCUT2D eigenvalue weighted by atomic mass is 9.59. The van der Waals surface area contributed by atoms with Crippen molar-refractivity contribution in [1.82, 2.24) is 15.0 Å². The molecule has 5 aromatic carbocycles. The summed E-state index contributed by atoms with van der Waals surface area (Å²) in [5.41, 5.74) is 6.30. The molecule has 0 unspecified atom stereocenters. The van der Waals surface area contributed by atoms with Crippen LogP contribution in [0.1, 0.15) is 0 Å². The minimum absolute atomic E-state index is 0.176. The van der Waals surface area contributed by atoms with E-state index >= 15 is 0 Å². The Morgan fingerprint density at radius 1 is 0.405 bits per heavy atom. The smallest absolute Gasteiger partial charge is 0.164 e. The second-order valence-corrected chi connectivity index (χ2v) is 10.0. The van der Waals surface area contributed by atoms with Gasteiger partial charge in [0.15, 0.2) is 17.5 Å². The van der Waals surface area contributed by atoms with Gasteiger partial charge in [-0.25, -0.2) is 15.0 Å². The van der Waals surface area contributed by atoms with Gasteiger partial charge in [0.2, 0.25) is 0 Å². The number of hydrogen-bond donors (Lipinski definition) is 0. The van der Waals surface area contributed by atoms with Crippen LogP contribution >= 0.6 is 0 Å². The van der Waals surface area contributed by atoms with Gasteiger partial charge >= 0.3 is 0 Å². The van der Waals surface area contributed by atoms with Crippen LogP contribution in [-0.4, -0.2) is 54.2 Å². The first-order chi connectivity index (χ1) is 20.4. The van der Waals surface area contributed by atoms with E-state index in [9.17, 15) is 0 Å². The van der Waals surface area contributed by atoms with Crippen molar-refractivity contribution in [2.75, 3.05) is 0 Å². The van der Waals surface area contributed by atoms with E-state index < -0.39 is 0 Å². The van der Waals surface area contributed by atoms with E-state index in [0.717, 1.165) is 27.5 Å². The highest BCUT2D eigenvalue weighted by Crippen LogP contribution is 2.34. The van der Waals surface area contributed by atoms with Gasteiger partial charge in [-0.3, -0.25) is 0 Å². The number of benzene rings is 5. The Hall–Kier alpha value is -4.77. The van der Waals surface area contributed by atoms with E-state index in [1.165, 1.54) is 0 Å². The van der Waals surface area contributed by atoms with E-state index in [1.54, 1.807) is 0 Å². The molecule has 0 saturated heterocycles. The first-order valence-electron chi connectivity index (χ1n) is 13.2. The summed E-state index contributed by atoms with van der Waals surface area (Å²) >= 11 is 0. The fourth-order valence-electron chi connectivity index (χ4n) is 5.17. The molecule has 184 valence electrons. The van der Waals surface area contributed by atoms with Crippen LogP contribution in [0, 0.1) is 0 Å². The van der Waals surface area contributed by atoms with Crippen molar-refractivity contribution < 1.29 is 4.42 Å². The monoisotopic (exact) mass is 525 g/mol. The average Bonchev–Trinajstić information content (AvgIpc) is 3.40. The molecule has 2 heterocycles. The molecular weight excluding hydrogens is 508 g/mol. The summed E-state index contributed by atoms with van der Waals surface area (Å²) < 4.78 is 6.33. The molecule has 0 amide bonds. The van der Waals surface area contributed by atoms with Crippen LogP contribution in [0.5, 0.6) is 0 Å². The van der Waals surface area contributed by atoms with Crippen molar-refractivity contribution >= 4 is 88.5 Å². The van der Waals surface area contributed by atoms with Crippen molar-refractivity contribution in [1.29, 1.82) is 0 Å². The van der Waals surface area contributed by atoms with Gasteiger partial charge in [0.05, 0.1) is 0 Å². The summed E-state index contributed by atoms with van der Waals surface area (Å²) in [6.45, 7) is 0. The summed E-state index contributed by atoms with van der Waals surface area (Å²) in [6.07, 6.45) is 0. The maximum atomic E-state index is 6.33. The van der Waals surface area contributed by atoms with Gasteiger partial charge in [-0.1, -0.05) is 83.7 Å². The van der Waals surface area contributed by atoms with Crippen LogP contribution in [0.4, 0.5) is 0 Å². The van der Waals surface area contributed by atoms with Gasteiger partial charge in [0.1, 0.15) is 50.4 Å². The molecule has 0 aliphatic heterocycles. The molecule has 0 atom stereocenters. The van der Waals surface area contributed by atoms with Crippen LogP contribution in [-0.2, 0) is 0 Å². The molecule has 2 aromatic heterocycles. The first-order valence-corrected chi connectivity index (χ1v) is 13.2. The molecule has 4 nitrogen and oxygen atoms in total.